The van der Waals surface area contributed by atoms with Gasteiger partial charge < -0.3 is 10.4 Å². The zero-order valence-corrected chi connectivity index (χ0v) is 13.5. The van der Waals surface area contributed by atoms with Gasteiger partial charge in [0.15, 0.2) is 5.01 Å². The molecule has 0 bridgehead atoms. The Balaban J connectivity index is 1.67. The Morgan fingerprint density at radius 2 is 2.05 bits per heavy atom. The van der Waals surface area contributed by atoms with E-state index in [4.69, 9.17) is 11.6 Å². The van der Waals surface area contributed by atoms with Gasteiger partial charge >= 0.3 is 0 Å². The number of nitrogens with one attached hydrogen (secondary N) is 1. The maximum atomic E-state index is 12.0. The lowest BCUT2D eigenvalue weighted by Crippen LogP contribution is -2.30. The molecule has 0 unspecified atom stereocenters. The number of halogens is 1. The van der Waals surface area contributed by atoms with Gasteiger partial charge in [-0.05, 0) is 18.9 Å². The molecule has 1 aliphatic rings. The molecule has 22 heavy (non-hydrogen) atoms. The Kier molecular flexibility index (Phi) is 4.42. The van der Waals surface area contributed by atoms with Crippen LogP contribution in [0.2, 0.25) is 5.02 Å². The van der Waals surface area contributed by atoms with E-state index in [0.29, 0.717) is 28.0 Å². The number of nitrogens with zero attached hydrogens (tertiary/aromatic N) is 2. The van der Waals surface area contributed by atoms with Crippen molar-refractivity contribution >= 4 is 34.0 Å². The summed E-state index contributed by atoms with van der Waals surface area (Å²) in [7, 11) is 0. The van der Waals surface area contributed by atoms with Crippen LogP contribution in [0.1, 0.15) is 32.1 Å². The lowest BCUT2D eigenvalue weighted by Gasteiger charge is -2.20. The topological polar surface area (TPSA) is 75.1 Å². The van der Waals surface area contributed by atoms with Crippen LogP contribution in [0.5, 0.6) is 0 Å². The van der Waals surface area contributed by atoms with Crippen molar-refractivity contribution in [2.75, 3.05) is 5.32 Å². The number of benzene rings is 1. The first-order valence-corrected chi connectivity index (χ1v) is 8.36. The van der Waals surface area contributed by atoms with E-state index in [1.54, 1.807) is 6.07 Å². The third-order valence-corrected chi connectivity index (χ3v) is 5.00. The molecule has 116 valence electrons. The van der Waals surface area contributed by atoms with Crippen molar-refractivity contribution in [1.29, 1.82) is 0 Å². The van der Waals surface area contributed by atoms with Gasteiger partial charge in [-0.3, -0.25) is 4.79 Å². The summed E-state index contributed by atoms with van der Waals surface area (Å²) >= 11 is 7.39. The fourth-order valence-corrected chi connectivity index (χ4v) is 3.77. The van der Waals surface area contributed by atoms with Crippen LogP contribution in [0.3, 0.4) is 0 Å². The van der Waals surface area contributed by atoms with Gasteiger partial charge in [0.05, 0.1) is 17.0 Å². The van der Waals surface area contributed by atoms with E-state index in [1.165, 1.54) is 11.3 Å². The lowest BCUT2D eigenvalue weighted by molar-refractivity contribution is -0.120. The highest BCUT2D eigenvalue weighted by Crippen LogP contribution is 2.34. The van der Waals surface area contributed by atoms with Crippen molar-refractivity contribution in [2.45, 2.75) is 37.7 Å². The largest absolute Gasteiger partial charge is 0.389 e. The number of aliphatic hydroxyl groups is 1. The SMILES string of the molecule is O=C(CC1(O)CCCC1)Nc1nnc(-c2ccccc2Cl)s1. The molecule has 0 saturated heterocycles. The molecule has 1 amide bonds. The van der Waals surface area contributed by atoms with Gasteiger partial charge in [0.1, 0.15) is 0 Å². The number of hydrogen-bond donors (Lipinski definition) is 2. The molecule has 1 saturated carbocycles. The summed E-state index contributed by atoms with van der Waals surface area (Å²) in [5, 5.41) is 22.6. The van der Waals surface area contributed by atoms with Crippen molar-refractivity contribution in [3.63, 3.8) is 0 Å². The second kappa shape index (κ2) is 6.32. The van der Waals surface area contributed by atoms with Gasteiger partial charge in [-0.1, -0.05) is 54.0 Å². The highest BCUT2D eigenvalue weighted by atomic mass is 35.5. The summed E-state index contributed by atoms with van der Waals surface area (Å²) < 4.78 is 0. The van der Waals surface area contributed by atoms with E-state index in [2.05, 4.69) is 15.5 Å². The summed E-state index contributed by atoms with van der Waals surface area (Å²) in [6.07, 6.45) is 3.41. The van der Waals surface area contributed by atoms with E-state index in [1.807, 2.05) is 18.2 Å². The number of rotatable bonds is 4. The predicted octanol–water partition coefficient (Wildman–Crippen LogP) is 3.49. The zero-order valence-electron chi connectivity index (χ0n) is 11.9. The molecule has 1 aliphatic carbocycles. The molecule has 0 spiro atoms. The molecule has 0 radical (unpaired) electrons. The maximum absolute atomic E-state index is 12.0. The third kappa shape index (κ3) is 3.45. The van der Waals surface area contributed by atoms with Crippen LogP contribution >= 0.6 is 22.9 Å². The van der Waals surface area contributed by atoms with E-state index in [9.17, 15) is 9.90 Å². The van der Waals surface area contributed by atoms with Crippen molar-refractivity contribution in [1.82, 2.24) is 10.2 Å². The lowest BCUT2D eigenvalue weighted by atomic mass is 9.98. The molecule has 5 nitrogen and oxygen atoms in total. The normalized spacial score (nSPS) is 16.6. The summed E-state index contributed by atoms with van der Waals surface area (Å²) in [6.45, 7) is 0. The standard InChI is InChI=1S/C15H16ClN3O2S/c16-11-6-2-1-5-10(11)13-18-19-14(22-13)17-12(20)9-15(21)7-3-4-8-15/h1-2,5-6,21H,3-4,7-9H2,(H,17,19,20). The number of carbonyl (C=O) groups excluding carboxylic acids is 1. The van der Waals surface area contributed by atoms with Gasteiger partial charge in [-0.25, -0.2) is 0 Å². The molecule has 2 aromatic rings. The first kappa shape index (κ1) is 15.4. The minimum absolute atomic E-state index is 0.105. The fraction of sp³-hybridized carbons (Fsp3) is 0.400. The number of anilines is 1. The van der Waals surface area contributed by atoms with Crippen LogP contribution in [0, 0.1) is 0 Å². The van der Waals surface area contributed by atoms with E-state index in [0.717, 1.165) is 18.4 Å². The van der Waals surface area contributed by atoms with Gasteiger partial charge in [-0.15, -0.1) is 10.2 Å². The van der Waals surface area contributed by atoms with Crippen molar-refractivity contribution < 1.29 is 9.90 Å². The average molecular weight is 338 g/mol. The molecule has 0 atom stereocenters. The maximum Gasteiger partial charge on any atom is 0.229 e. The van der Waals surface area contributed by atoms with Crippen molar-refractivity contribution in [3.8, 4) is 10.6 Å². The highest BCUT2D eigenvalue weighted by molar-refractivity contribution is 7.18. The molecule has 7 heteroatoms. The van der Waals surface area contributed by atoms with Gasteiger partial charge in [0.2, 0.25) is 11.0 Å². The Labute approximate surface area is 137 Å². The van der Waals surface area contributed by atoms with Crippen molar-refractivity contribution in [2.24, 2.45) is 0 Å². The Morgan fingerprint density at radius 1 is 1.32 bits per heavy atom. The number of aromatic nitrogens is 2. The van der Waals surface area contributed by atoms with E-state index >= 15 is 0 Å². The summed E-state index contributed by atoms with van der Waals surface area (Å²) in [5.41, 5.74) is -0.0723. The van der Waals surface area contributed by atoms with Crippen LogP contribution < -0.4 is 5.32 Å². The Hall–Kier alpha value is -1.50. The molecule has 3 rings (SSSR count). The second-order valence-electron chi connectivity index (χ2n) is 5.55. The molecule has 1 heterocycles. The van der Waals surface area contributed by atoms with Crippen LogP contribution in [0.25, 0.3) is 10.6 Å². The summed E-state index contributed by atoms with van der Waals surface area (Å²) in [6, 6.07) is 7.36. The van der Waals surface area contributed by atoms with E-state index in [-0.39, 0.29) is 12.3 Å². The van der Waals surface area contributed by atoms with Crippen LogP contribution in [0.4, 0.5) is 5.13 Å². The summed E-state index contributed by atoms with van der Waals surface area (Å²) in [4.78, 5) is 12.0. The molecule has 1 fully saturated rings. The van der Waals surface area contributed by atoms with Gasteiger partial charge in [-0.2, -0.15) is 0 Å². The van der Waals surface area contributed by atoms with Crippen LogP contribution in [-0.2, 0) is 4.79 Å². The number of hydrogen-bond acceptors (Lipinski definition) is 5. The summed E-state index contributed by atoms with van der Waals surface area (Å²) in [5.74, 6) is -0.230. The second-order valence-corrected chi connectivity index (χ2v) is 6.93. The monoisotopic (exact) mass is 337 g/mol. The predicted molar refractivity (Wildman–Crippen MR) is 87.0 cm³/mol. The highest BCUT2D eigenvalue weighted by Gasteiger charge is 2.33. The minimum Gasteiger partial charge on any atom is -0.389 e. The number of carbonyl (C=O) groups is 1. The van der Waals surface area contributed by atoms with Gasteiger partial charge in [0.25, 0.3) is 0 Å². The number of amides is 1. The first-order chi connectivity index (χ1) is 10.6. The minimum atomic E-state index is -0.861. The zero-order chi connectivity index (χ0) is 15.6. The van der Waals surface area contributed by atoms with Crippen molar-refractivity contribution in [3.05, 3.63) is 29.3 Å². The molecular formula is C15H16ClN3O2S. The molecule has 1 aromatic carbocycles. The van der Waals surface area contributed by atoms with Crippen LogP contribution in [0.15, 0.2) is 24.3 Å². The van der Waals surface area contributed by atoms with Crippen LogP contribution in [-0.4, -0.2) is 26.8 Å². The van der Waals surface area contributed by atoms with E-state index < -0.39 is 5.60 Å². The molecular weight excluding hydrogens is 322 g/mol. The fourth-order valence-electron chi connectivity index (χ4n) is 2.69. The third-order valence-electron chi connectivity index (χ3n) is 3.80. The Bertz CT molecular complexity index is 683. The molecule has 1 aromatic heterocycles. The Morgan fingerprint density at radius 3 is 2.77 bits per heavy atom. The van der Waals surface area contributed by atoms with Gasteiger partial charge in [0, 0.05) is 5.56 Å². The molecule has 0 aliphatic heterocycles. The first-order valence-electron chi connectivity index (χ1n) is 7.16. The smallest absolute Gasteiger partial charge is 0.229 e. The molecule has 2 N–H and O–H groups in total. The quantitative estimate of drug-likeness (QED) is 0.895. The average Bonchev–Trinajstić information content (AvgIpc) is 3.09.